The molecule has 0 N–H and O–H groups in total. The first-order valence-electron chi connectivity index (χ1n) is 4.36. The Kier molecular flexibility index (Phi) is 2.04. The molecule has 3 nitrogen and oxygen atoms in total. The molecule has 0 saturated heterocycles. The molecule has 0 bridgehead atoms. The van der Waals surface area contributed by atoms with E-state index in [1.54, 1.807) is 4.68 Å². The van der Waals surface area contributed by atoms with Gasteiger partial charge in [-0.15, -0.1) is 0 Å². The number of fused-ring (bicyclic) bond motifs is 1. The Balaban J connectivity index is 2.63. The molecule has 4 heteroatoms. The van der Waals surface area contributed by atoms with Gasteiger partial charge < -0.3 is 0 Å². The van der Waals surface area contributed by atoms with Crippen molar-refractivity contribution >= 4 is 18.3 Å². The molecule has 0 aliphatic heterocycles. The van der Waals surface area contributed by atoms with Gasteiger partial charge in [0.15, 0.2) is 5.65 Å². The van der Waals surface area contributed by atoms with Crippen molar-refractivity contribution in [2.24, 2.45) is 7.05 Å². The topological polar surface area (TPSA) is 30.7 Å². The molecule has 0 amide bonds. The van der Waals surface area contributed by atoms with Crippen LogP contribution in [-0.4, -0.2) is 22.0 Å². The minimum Gasteiger partial charge on any atom is -0.250 e. The van der Waals surface area contributed by atoms with Crippen LogP contribution in [0.1, 0.15) is 5.56 Å². The Labute approximate surface area is 78.0 Å². The highest BCUT2D eigenvalue weighted by atomic mass is 15.3. The van der Waals surface area contributed by atoms with Gasteiger partial charge in [-0.05, 0) is 11.6 Å². The maximum absolute atomic E-state index is 4.27. The quantitative estimate of drug-likeness (QED) is 0.637. The number of aromatic nitrogens is 3. The Hall–Kier alpha value is -1.32. The number of hydrogen-bond acceptors (Lipinski definition) is 2. The van der Waals surface area contributed by atoms with Crippen molar-refractivity contribution in [2.45, 2.75) is 13.1 Å². The van der Waals surface area contributed by atoms with E-state index in [0.29, 0.717) is 0 Å². The summed E-state index contributed by atoms with van der Waals surface area (Å²) in [7, 11) is 4.05. The van der Waals surface area contributed by atoms with Crippen molar-refractivity contribution in [2.75, 3.05) is 0 Å². The fourth-order valence-corrected chi connectivity index (χ4v) is 1.50. The van der Waals surface area contributed by atoms with Gasteiger partial charge >= 0.3 is 0 Å². The van der Waals surface area contributed by atoms with Crippen LogP contribution in [0.4, 0.5) is 0 Å². The van der Waals surface area contributed by atoms with E-state index < -0.39 is 0 Å². The van der Waals surface area contributed by atoms with E-state index in [1.165, 1.54) is 5.56 Å². The van der Waals surface area contributed by atoms with E-state index in [0.717, 1.165) is 17.4 Å². The second-order valence-electron chi connectivity index (χ2n) is 3.09. The number of hydrogen-bond donors (Lipinski definition) is 0. The maximum atomic E-state index is 4.27. The lowest BCUT2D eigenvalue weighted by Crippen LogP contribution is -1.95. The van der Waals surface area contributed by atoms with Gasteiger partial charge in [-0.25, -0.2) is 4.98 Å². The third-order valence-electron chi connectivity index (χ3n) is 2.15. The predicted molar refractivity (Wildman–Crippen MR) is 53.8 cm³/mol. The maximum Gasteiger partial charge on any atom is 0.157 e. The Morgan fingerprint density at radius 2 is 2.38 bits per heavy atom. The fourth-order valence-electron chi connectivity index (χ4n) is 1.50. The summed E-state index contributed by atoms with van der Waals surface area (Å²) in [6, 6.07) is 2.05. The first-order chi connectivity index (χ1) is 6.33. The summed E-state index contributed by atoms with van der Waals surface area (Å²) < 4.78 is 1.80. The van der Waals surface area contributed by atoms with Crippen LogP contribution in [0.15, 0.2) is 18.5 Å². The van der Waals surface area contributed by atoms with Gasteiger partial charge in [0.05, 0.1) is 6.20 Å². The lowest BCUT2D eigenvalue weighted by molar-refractivity contribution is 0.786. The second kappa shape index (κ2) is 3.20. The van der Waals surface area contributed by atoms with E-state index >= 15 is 0 Å². The fraction of sp³-hybridized carbons (Fsp3) is 0.333. The molecular formula is C9H11BN3. The van der Waals surface area contributed by atoms with Crippen LogP contribution in [0.3, 0.4) is 0 Å². The SMILES string of the molecule is C[B]Cc1ccnc2c1cnn2C. The standard InChI is InChI=1S/C9H11BN3/c1-10-5-7-3-4-11-9-8(7)6-12-13(9)2/h3-4,6H,5H2,1-2H3. The van der Waals surface area contributed by atoms with Crippen LogP contribution in [0.2, 0.25) is 6.82 Å². The zero-order valence-corrected chi connectivity index (χ0v) is 7.86. The van der Waals surface area contributed by atoms with Gasteiger partial charge in [-0.1, -0.05) is 13.1 Å². The van der Waals surface area contributed by atoms with Crippen LogP contribution in [-0.2, 0) is 13.4 Å². The molecule has 65 valence electrons. The summed E-state index contributed by atoms with van der Waals surface area (Å²) in [5.74, 6) is 0. The Bertz CT molecular complexity index is 422. The van der Waals surface area contributed by atoms with Gasteiger partial charge in [0.2, 0.25) is 0 Å². The Morgan fingerprint density at radius 3 is 3.15 bits per heavy atom. The number of nitrogens with zero attached hydrogens (tertiary/aromatic N) is 3. The summed E-state index contributed by atoms with van der Waals surface area (Å²) in [6.07, 6.45) is 4.69. The number of aryl methyl sites for hydroxylation is 1. The summed E-state index contributed by atoms with van der Waals surface area (Å²) in [5.41, 5.74) is 2.25. The van der Waals surface area contributed by atoms with Gasteiger partial charge in [0.25, 0.3) is 0 Å². The average Bonchev–Trinajstić information content (AvgIpc) is 2.50. The lowest BCUT2D eigenvalue weighted by atomic mass is 9.75. The first-order valence-corrected chi connectivity index (χ1v) is 4.36. The summed E-state index contributed by atoms with van der Waals surface area (Å²) in [4.78, 5) is 4.27. The molecule has 1 radical (unpaired) electrons. The lowest BCUT2D eigenvalue weighted by Gasteiger charge is -1.99. The highest BCUT2D eigenvalue weighted by Crippen LogP contribution is 2.15. The predicted octanol–water partition coefficient (Wildman–Crippen LogP) is 1.22. The molecule has 0 aromatic carbocycles. The average molecular weight is 172 g/mol. The van der Waals surface area contributed by atoms with Crippen LogP contribution in [0.5, 0.6) is 0 Å². The third kappa shape index (κ3) is 1.32. The minimum absolute atomic E-state index is 0.958. The first kappa shape index (κ1) is 8.29. The molecule has 2 rings (SSSR count). The minimum atomic E-state index is 0.958. The van der Waals surface area contributed by atoms with Crippen LogP contribution >= 0.6 is 0 Å². The highest BCUT2D eigenvalue weighted by molar-refractivity contribution is 6.33. The van der Waals surface area contributed by atoms with Crippen molar-refractivity contribution in [3.05, 3.63) is 24.0 Å². The van der Waals surface area contributed by atoms with E-state index in [4.69, 9.17) is 0 Å². The molecule has 0 atom stereocenters. The molecule has 0 fully saturated rings. The third-order valence-corrected chi connectivity index (χ3v) is 2.15. The van der Waals surface area contributed by atoms with Crippen molar-refractivity contribution in [3.8, 4) is 0 Å². The zero-order valence-electron chi connectivity index (χ0n) is 7.86. The molecule has 2 heterocycles. The molecule has 0 spiro atoms. The molecular weight excluding hydrogens is 161 g/mol. The van der Waals surface area contributed by atoms with Crippen molar-refractivity contribution in [1.82, 2.24) is 14.8 Å². The normalized spacial score (nSPS) is 10.6. The molecule has 13 heavy (non-hydrogen) atoms. The van der Waals surface area contributed by atoms with Crippen molar-refractivity contribution < 1.29 is 0 Å². The van der Waals surface area contributed by atoms with Gasteiger partial charge in [-0.3, -0.25) is 4.68 Å². The van der Waals surface area contributed by atoms with E-state index in [1.807, 2.05) is 25.5 Å². The molecule has 0 unspecified atom stereocenters. The van der Waals surface area contributed by atoms with Crippen LogP contribution < -0.4 is 0 Å². The molecule has 0 aliphatic carbocycles. The number of rotatable bonds is 2. The van der Waals surface area contributed by atoms with Gasteiger partial charge in [-0.2, -0.15) is 5.10 Å². The second-order valence-corrected chi connectivity index (χ2v) is 3.09. The summed E-state index contributed by atoms with van der Waals surface area (Å²) in [5, 5.41) is 5.33. The van der Waals surface area contributed by atoms with Gasteiger partial charge in [0, 0.05) is 18.6 Å². The monoisotopic (exact) mass is 172 g/mol. The van der Waals surface area contributed by atoms with E-state index in [-0.39, 0.29) is 0 Å². The van der Waals surface area contributed by atoms with E-state index in [2.05, 4.69) is 24.2 Å². The largest absolute Gasteiger partial charge is 0.250 e. The summed E-state index contributed by atoms with van der Waals surface area (Å²) in [6.45, 7) is 2.06. The highest BCUT2D eigenvalue weighted by Gasteiger charge is 2.04. The number of pyridine rings is 1. The zero-order chi connectivity index (χ0) is 9.26. The molecule has 0 aliphatic rings. The smallest absolute Gasteiger partial charge is 0.157 e. The van der Waals surface area contributed by atoms with Crippen molar-refractivity contribution in [3.63, 3.8) is 0 Å². The molecule has 0 saturated carbocycles. The Morgan fingerprint density at radius 1 is 1.54 bits per heavy atom. The molecule has 2 aromatic heterocycles. The van der Waals surface area contributed by atoms with E-state index in [9.17, 15) is 0 Å². The summed E-state index contributed by atoms with van der Waals surface area (Å²) >= 11 is 0. The van der Waals surface area contributed by atoms with Crippen molar-refractivity contribution in [1.29, 1.82) is 0 Å². The van der Waals surface area contributed by atoms with Crippen LogP contribution in [0.25, 0.3) is 11.0 Å². The van der Waals surface area contributed by atoms with Crippen LogP contribution in [0, 0.1) is 0 Å². The van der Waals surface area contributed by atoms with Gasteiger partial charge in [0.1, 0.15) is 7.28 Å². The molecule has 2 aromatic rings.